The number of para-hydroxylation sites is 1. The maximum atomic E-state index is 12.6. The molecule has 2 amide bonds. The minimum absolute atomic E-state index is 0.0875. The molecule has 2 aromatic carbocycles. The maximum absolute atomic E-state index is 12.6. The highest BCUT2D eigenvalue weighted by atomic mass is 16.5. The second-order valence-electron chi connectivity index (χ2n) is 6.57. The normalized spacial score (nSPS) is 15.5. The van der Waals surface area contributed by atoms with Crippen LogP contribution in [0, 0.1) is 0 Å². The fourth-order valence-electron chi connectivity index (χ4n) is 3.40. The summed E-state index contributed by atoms with van der Waals surface area (Å²) in [4.78, 5) is 26.5. The van der Waals surface area contributed by atoms with Crippen molar-refractivity contribution in [2.24, 2.45) is 0 Å². The SMILES string of the molecule is COc1cccc(CCNC(=O)CC(=O)N2c3ccccc3CC2C)c1. The third-order valence-electron chi connectivity index (χ3n) is 4.66. The van der Waals surface area contributed by atoms with Crippen LogP contribution in [-0.4, -0.2) is 31.5 Å². The van der Waals surface area contributed by atoms with Crippen LogP contribution in [-0.2, 0) is 22.4 Å². The fraction of sp³-hybridized carbons (Fsp3) is 0.333. The minimum atomic E-state index is -0.241. The topological polar surface area (TPSA) is 58.6 Å². The highest BCUT2D eigenvalue weighted by Crippen LogP contribution is 2.32. The molecule has 1 aliphatic rings. The first-order valence-corrected chi connectivity index (χ1v) is 8.88. The number of fused-ring (bicyclic) bond motifs is 1. The lowest BCUT2D eigenvalue weighted by molar-refractivity contribution is -0.128. The summed E-state index contributed by atoms with van der Waals surface area (Å²) in [7, 11) is 1.63. The number of benzene rings is 2. The number of rotatable bonds is 6. The summed E-state index contributed by atoms with van der Waals surface area (Å²) in [5.41, 5.74) is 3.17. The summed E-state index contributed by atoms with van der Waals surface area (Å²) < 4.78 is 5.19. The number of anilines is 1. The molecule has 1 atom stereocenters. The molecule has 5 nitrogen and oxygen atoms in total. The number of ether oxygens (including phenoxy) is 1. The predicted molar refractivity (Wildman–Crippen MR) is 101 cm³/mol. The Hall–Kier alpha value is -2.82. The average molecular weight is 352 g/mol. The molecule has 0 radical (unpaired) electrons. The van der Waals surface area contributed by atoms with Crippen molar-refractivity contribution in [1.82, 2.24) is 5.32 Å². The Morgan fingerprint density at radius 2 is 2.00 bits per heavy atom. The molecule has 3 rings (SSSR count). The van der Waals surface area contributed by atoms with Gasteiger partial charge in [-0.25, -0.2) is 0 Å². The van der Waals surface area contributed by atoms with Gasteiger partial charge in [-0.1, -0.05) is 30.3 Å². The summed E-state index contributed by atoms with van der Waals surface area (Å²) in [6.45, 7) is 2.50. The lowest BCUT2D eigenvalue weighted by Gasteiger charge is -2.22. The van der Waals surface area contributed by atoms with Crippen molar-refractivity contribution >= 4 is 17.5 Å². The van der Waals surface area contributed by atoms with Gasteiger partial charge in [0.25, 0.3) is 0 Å². The maximum Gasteiger partial charge on any atom is 0.236 e. The van der Waals surface area contributed by atoms with Crippen molar-refractivity contribution in [3.63, 3.8) is 0 Å². The Labute approximate surface area is 154 Å². The van der Waals surface area contributed by atoms with Gasteiger partial charge in [0.2, 0.25) is 11.8 Å². The van der Waals surface area contributed by atoms with E-state index in [0.29, 0.717) is 13.0 Å². The van der Waals surface area contributed by atoms with Gasteiger partial charge in [-0.05, 0) is 49.1 Å². The molecule has 1 unspecified atom stereocenters. The molecule has 0 fully saturated rings. The summed E-state index contributed by atoms with van der Waals surface area (Å²) >= 11 is 0. The number of hydrogen-bond donors (Lipinski definition) is 1. The minimum Gasteiger partial charge on any atom is -0.497 e. The number of carbonyl (C=O) groups is 2. The van der Waals surface area contributed by atoms with Gasteiger partial charge in [-0.15, -0.1) is 0 Å². The molecule has 0 bridgehead atoms. The third kappa shape index (κ3) is 4.04. The lowest BCUT2D eigenvalue weighted by Crippen LogP contribution is -2.39. The molecular weight excluding hydrogens is 328 g/mol. The van der Waals surface area contributed by atoms with Gasteiger partial charge in [0.1, 0.15) is 12.2 Å². The second kappa shape index (κ2) is 8.04. The predicted octanol–water partition coefficient (Wildman–Crippen LogP) is 2.72. The molecule has 5 heteroatoms. The zero-order valence-corrected chi connectivity index (χ0v) is 15.2. The van der Waals surface area contributed by atoms with E-state index in [4.69, 9.17) is 4.74 Å². The van der Waals surface area contributed by atoms with Crippen LogP contribution in [0.5, 0.6) is 5.75 Å². The molecule has 1 heterocycles. The highest BCUT2D eigenvalue weighted by molar-refractivity contribution is 6.06. The summed E-state index contributed by atoms with van der Waals surface area (Å²) in [6.07, 6.45) is 1.40. The zero-order chi connectivity index (χ0) is 18.5. The molecule has 0 saturated carbocycles. The number of nitrogens with zero attached hydrogens (tertiary/aromatic N) is 1. The highest BCUT2D eigenvalue weighted by Gasteiger charge is 2.31. The zero-order valence-electron chi connectivity index (χ0n) is 15.2. The first-order valence-electron chi connectivity index (χ1n) is 8.88. The number of methoxy groups -OCH3 is 1. The molecule has 0 aromatic heterocycles. The van der Waals surface area contributed by atoms with E-state index in [0.717, 1.165) is 29.0 Å². The van der Waals surface area contributed by atoms with Gasteiger partial charge in [0, 0.05) is 18.3 Å². The van der Waals surface area contributed by atoms with Crippen LogP contribution in [0.15, 0.2) is 48.5 Å². The van der Waals surface area contributed by atoms with Crippen LogP contribution >= 0.6 is 0 Å². The van der Waals surface area contributed by atoms with Crippen molar-refractivity contribution in [3.05, 3.63) is 59.7 Å². The monoisotopic (exact) mass is 352 g/mol. The molecular formula is C21H24N2O3. The van der Waals surface area contributed by atoms with E-state index < -0.39 is 0 Å². The van der Waals surface area contributed by atoms with Crippen LogP contribution in [0.1, 0.15) is 24.5 Å². The van der Waals surface area contributed by atoms with Crippen molar-refractivity contribution < 1.29 is 14.3 Å². The van der Waals surface area contributed by atoms with E-state index >= 15 is 0 Å². The second-order valence-corrected chi connectivity index (χ2v) is 6.57. The van der Waals surface area contributed by atoms with Gasteiger partial charge < -0.3 is 15.0 Å². The largest absolute Gasteiger partial charge is 0.497 e. The van der Waals surface area contributed by atoms with E-state index in [2.05, 4.69) is 5.32 Å². The first-order chi connectivity index (χ1) is 12.6. The van der Waals surface area contributed by atoms with Gasteiger partial charge >= 0.3 is 0 Å². The van der Waals surface area contributed by atoms with Crippen molar-refractivity contribution in [3.8, 4) is 5.75 Å². The van der Waals surface area contributed by atoms with Crippen molar-refractivity contribution in [1.29, 1.82) is 0 Å². The summed E-state index contributed by atoms with van der Waals surface area (Å²) in [6, 6.07) is 15.7. The summed E-state index contributed by atoms with van der Waals surface area (Å²) in [5.74, 6) is 0.404. The molecule has 0 spiro atoms. The van der Waals surface area contributed by atoms with Gasteiger partial charge in [0.15, 0.2) is 0 Å². The number of amides is 2. The quantitative estimate of drug-likeness (QED) is 0.813. The van der Waals surface area contributed by atoms with Crippen molar-refractivity contribution in [2.45, 2.75) is 32.2 Å². The van der Waals surface area contributed by atoms with E-state index in [1.165, 1.54) is 0 Å². The van der Waals surface area contributed by atoms with E-state index in [9.17, 15) is 9.59 Å². The molecule has 1 aliphatic heterocycles. The number of nitrogens with one attached hydrogen (secondary N) is 1. The van der Waals surface area contributed by atoms with Gasteiger partial charge in [-0.3, -0.25) is 9.59 Å². The third-order valence-corrected chi connectivity index (χ3v) is 4.66. The molecule has 0 saturated heterocycles. The van der Waals surface area contributed by atoms with Crippen LogP contribution in [0.25, 0.3) is 0 Å². The van der Waals surface area contributed by atoms with Crippen LogP contribution < -0.4 is 15.0 Å². The van der Waals surface area contributed by atoms with Gasteiger partial charge in [-0.2, -0.15) is 0 Å². The Kier molecular flexibility index (Phi) is 5.56. The lowest BCUT2D eigenvalue weighted by atomic mass is 10.1. The average Bonchev–Trinajstić information content (AvgIpc) is 2.97. The Balaban J connectivity index is 1.51. The van der Waals surface area contributed by atoms with E-state index in [-0.39, 0.29) is 24.3 Å². The van der Waals surface area contributed by atoms with E-state index in [1.54, 1.807) is 12.0 Å². The van der Waals surface area contributed by atoms with Crippen LogP contribution in [0.4, 0.5) is 5.69 Å². The Morgan fingerprint density at radius 3 is 2.81 bits per heavy atom. The number of carbonyl (C=O) groups excluding carboxylic acids is 2. The first kappa shape index (κ1) is 18.0. The van der Waals surface area contributed by atoms with Crippen LogP contribution in [0.3, 0.4) is 0 Å². The Morgan fingerprint density at radius 1 is 1.19 bits per heavy atom. The van der Waals surface area contributed by atoms with Gasteiger partial charge in [0.05, 0.1) is 7.11 Å². The number of hydrogen-bond acceptors (Lipinski definition) is 3. The van der Waals surface area contributed by atoms with Crippen molar-refractivity contribution in [2.75, 3.05) is 18.6 Å². The molecule has 0 aliphatic carbocycles. The summed E-state index contributed by atoms with van der Waals surface area (Å²) in [5, 5.41) is 2.83. The molecule has 26 heavy (non-hydrogen) atoms. The molecule has 136 valence electrons. The molecule has 2 aromatic rings. The van der Waals surface area contributed by atoms with Crippen LogP contribution in [0.2, 0.25) is 0 Å². The van der Waals surface area contributed by atoms with E-state index in [1.807, 2.05) is 55.5 Å². The standard InChI is InChI=1S/C21H24N2O3/c1-15-12-17-7-3-4-9-19(17)23(15)21(25)14-20(24)22-11-10-16-6-5-8-18(13-16)26-2/h3-9,13,15H,10-12,14H2,1-2H3,(H,22,24). The molecule has 1 N–H and O–H groups in total. The fourth-order valence-corrected chi connectivity index (χ4v) is 3.40. The smallest absolute Gasteiger partial charge is 0.236 e. The Bertz CT molecular complexity index is 803.